The number of nitrogens with one attached hydrogen (secondary N) is 1. The van der Waals surface area contributed by atoms with E-state index in [2.05, 4.69) is 25.8 Å². The molecular weight excluding hydrogens is 332 g/mol. The fourth-order valence-corrected chi connectivity index (χ4v) is 2.86. The molecule has 0 aliphatic carbocycles. The average molecular weight is 345 g/mol. The molecule has 2 aromatic rings. The molecule has 102 valence electrons. The lowest BCUT2D eigenvalue weighted by atomic mass is 10.2. The monoisotopic (exact) mass is 344 g/mol. The van der Waals surface area contributed by atoms with Crippen molar-refractivity contribution < 1.29 is 12.9 Å². The van der Waals surface area contributed by atoms with Crippen molar-refractivity contribution in [2.24, 2.45) is 0 Å². The van der Waals surface area contributed by atoms with Crippen LogP contribution >= 0.6 is 15.9 Å². The molecule has 0 bridgehead atoms. The summed E-state index contributed by atoms with van der Waals surface area (Å²) in [7, 11) is -3.55. The zero-order valence-corrected chi connectivity index (χ0v) is 12.9. The molecule has 0 saturated heterocycles. The quantitative estimate of drug-likeness (QED) is 0.924. The van der Waals surface area contributed by atoms with Gasteiger partial charge in [-0.1, -0.05) is 21.1 Å². The third-order valence-electron chi connectivity index (χ3n) is 2.55. The van der Waals surface area contributed by atoms with Gasteiger partial charge in [-0.2, -0.15) is 0 Å². The summed E-state index contributed by atoms with van der Waals surface area (Å²) in [4.78, 5) is 0.226. The number of nitrogens with zero attached hydrogens (tertiary/aromatic N) is 1. The maximum Gasteiger partial charge on any atom is 0.240 e. The molecular formula is C12H13BrN2O3S. The zero-order chi connectivity index (χ0) is 14.0. The summed E-state index contributed by atoms with van der Waals surface area (Å²) in [6, 6.07) is 6.56. The molecule has 0 atom stereocenters. The van der Waals surface area contributed by atoms with Crippen LogP contribution in [0.3, 0.4) is 0 Å². The molecule has 0 fully saturated rings. The van der Waals surface area contributed by atoms with Gasteiger partial charge in [-0.25, -0.2) is 13.1 Å². The Morgan fingerprint density at radius 3 is 2.63 bits per heavy atom. The Balaban J connectivity index is 2.16. The fraction of sp³-hybridized carbons (Fsp3) is 0.250. The van der Waals surface area contributed by atoms with Crippen LogP contribution in [0.2, 0.25) is 0 Å². The molecule has 7 heteroatoms. The lowest BCUT2D eigenvalue weighted by Crippen LogP contribution is -2.23. The molecule has 1 heterocycles. The van der Waals surface area contributed by atoms with Gasteiger partial charge in [-0.05, 0) is 37.6 Å². The summed E-state index contributed by atoms with van der Waals surface area (Å²) < 4.78 is 32.5. The first-order valence-electron chi connectivity index (χ1n) is 5.56. The second-order valence-corrected chi connectivity index (χ2v) is 6.79. The van der Waals surface area contributed by atoms with Gasteiger partial charge in [0.15, 0.2) is 5.76 Å². The highest BCUT2D eigenvalue weighted by Crippen LogP contribution is 2.20. The Morgan fingerprint density at radius 1 is 1.32 bits per heavy atom. The van der Waals surface area contributed by atoms with Gasteiger partial charge in [-0.3, -0.25) is 0 Å². The first-order chi connectivity index (χ1) is 8.88. The maximum atomic E-state index is 12.1. The molecule has 1 aromatic carbocycles. The van der Waals surface area contributed by atoms with E-state index in [4.69, 9.17) is 4.52 Å². The van der Waals surface area contributed by atoms with Gasteiger partial charge >= 0.3 is 0 Å². The molecule has 19 heavy (non-hydrogen) atoms. The molecule has 0 aliphatic rings. The van der Waals surface area contributed by atoms with Crippen molar-refractivity contribution in [2.45, 2.75) is 25.3 Å². The molecule has 0 aliphatic heterocycles. The first-order valence-corrected chi connectivity index (χ1v) is 7.84. The Morgan fingerprint density at radius 2 is 2.05 bits per heavy atom. The summed E-state index contributed by atoms with van der Waals surface area (Å²) in [6.07, 6.45) is 0. The van der Waals surface area contributed by atoms with Crippen molar-refractivity contribution in [1.82, 2.24) is 9.88 Å². The van der Waals surface area contributed by atoms with E-state index in [1.807, 2.05) is 6.92 Å². The number of hydrogen-bond acceptors (Lipinski definition) is 4. The molecule has 0 saturated carbocycles. The average Bonchev–Trinajstić information content (AvgIpc) is 2.76. The fourth-order valence-electron chi connectivity index (χ4n) is 1.53. The number of aromatic nitrogens is 1. The maximum absolute atomic E-state index is 12.1. The number of halogens is 1. The molecule has 2 rings (SSSR count). The van der Waals surface area contributed by atoms with E-state index in [0.29, 0.717) is 11.5 Å². The minimum Gasteiger partial charge on any atom is -0.360 e. The zero-order valence-electron chi connectivity index (χ0n) is 10.5. The van der Waals surface area contributed by atoms with Crippen molar-refractivity contribution in [3.8, 4) is 0 Å². The van der Waals surface area contributed by atoms with Gasteiger partial charge in [-0.15, -0.1) is 0 Å². The Bertz CT molecular complexity index is 695. The van der Waals surface area contributed by atoms with E-state index in [-0.39, 0.29) is 11.4 Å². The van der Waals surface area contributed by atoms with Crippen molar-refractivity contribution in [2.75, 3.05) is 0 Å². The normalized spacial score (nSPS) is 11.7. The van der Waals surface area contributed by atoms with E-state index in [1.54, 1.807) is 31.2 Å². The van der Waals surface area contributed by atoms with Gasteiger partial charge < -0.3 is 4.52 Å². The van der Waals surface area contributed by atoms with Crippen molar-refractivity contribution in [3.63, 3.8) is 0 Å². The smallest absolute Gasteiger partial charge is 0.240 e. The highest BCUT2D eigenvalue weighted by atomic mass is 79.9. The van der Waals surface area contributed by atoms with Crippen LogP contribution in [-0.2, 0) is 16.6 Å². The van der Waals surface area contributed by atoms with Gasteiger partial charge in [0.25, 0.3) is 0 Å². The molecule has 0 radical (unpaired) electrons. The van der Waals surface area contributed by atoms with Crippen LogP contribution in [0.25, 0.3) is 0 Å². The molecule has 0 amide bonds. The lowest BCUT2D eigenvalue weighted by molar-refractivity contribution is 0.377. The van der Waals surface area contributed by atoms with Crippen LogP contribution < -0.4 is 4.72 Å². The van der Waals surface area contributed by atoms with Gasteiger partial charge in [0.2, 0.25) is 10.0 Å². The number of rotatable bonds is 4. The Kier molecular flexibility index (Phi) is 4.07. The number of aryl methyl sites for hydroxylation is 2. The molecule has 0 unspecified atom stereocenters. The predicted octanol–water partition coefficient (Wildman–Crippen LogP) is 2.53. The van der Waals surface area contributed by atoms with Crippen LogP contribution in [0.1, 0.15) is 17.0 Å². The molecule has 0 spiro atoms. The predicted molar refractivity (Wildman–Crippen MR) is 74.1 cm³/mol. The number of hydrogen-bond donors (Lipinski definition) is 1. The summed E-state index contributed by atoms with van der Waals surface area (Å²) in [6.45, 7) is 3.70. The summed E-state index contributed by atoms with van der Waals surface area (Å²) >= 11 is 3.34. The van der Waals surface area contributed by atoms with Crippen LogP contribution in [0.4, 0.5) is 0 Å². The highest BCUT2D eigenvalue weighted by Gasteiger charge is 2.15. The largest absolute Gasteiger partial charge is 0.360 e. The highest BCUT2D eigenvalue weighted by molar-refractivity contribution is 9.10. The van der Waals surface area contributed by atoms with Crippen LogP contribution in [0.5, 0.6) is 0 Å². The SMILES string of the molecule is Cc1cc(CNS(=O)(=O)c2ccc(Br)c(C)c2)on1. The third-order valence-corrected chi connectivity index (χ3v) is 4.84. The Hall–Kier alpha value is -1.18. The van der Waals surface area contributed by atoms with Gasteiger partial charge in [0.05, 0.1) is 17.1 Å². The molecule has 1 aromatic heterocycles. The molecule has 1 N–H and O–H groups in total. The van der Waals surface area contributed by atoms with Crippen molar-refractivity contribution in [3.05, 3.63) is 45.8 Å². The van der Waals surface area contributed by atoms with E-state index in [1.165, 1.54) is 0 Å². The van der Waals surface area contributed by atoms with Gasteiger partial charge in [0.1, 0.15) is 0 Å². The second-order valence-electron chi connectivity index (χ2n) is 4.17. The van der Waals surface area contributed by atoms with E-state index >= 15 is 0 Å². The second kappa shape index (κ2) is 5.44. The first kappa shape index (κ1) is 14.2. The third kappa shape index (κ3) is 3.43. The topological polar surface area (TPSA) is 72.2 Å². The summed E-state index contributed by atoms with van der Waals surface area (Å²) in [5.41, 5.74) is 1.58. The number of benzene rings is 1. The van der Waals surface area contributed by atoms with E-state index in [9.17, 15) is 8.42 Å². The van der Waals surface area contributed by atoms with Crippen LogP contribution in [0.15, 0.2) is 38.2 Å². The Labute approximate surface area is 120 Å². The lowest BCUT2D eigenvalue weighted by Gasteiger charge is -2.06. The van der Waals surface area contributed by atoms with Crippen LogP contribution in [0, 0.1) is 13.8 Å². The van der Waals surface area contributed by atoms with Crippen molar-refractivity contribution >= 4 is 26.0 Å². The minimum atomic E-state index is -3.55. The van der Waals surface area contributed by atoms with Crippen molar-refractivity contribution in [1.29, 1.82) is 0 Å². The number of sulfonamides is 1. The van der Waals surface area contributed by atoms with E-state index < -0.39 is 10.0 Å². The molecule has 5 nitrogen and oxygen atoms in total. The van der Waals surface area contributed by atoms with Gasteiger partial charge in [0, 0.05) is 10.5 Å². The standard InChI is InChI=1S/C12H13BrN2O3S/c1-8-5-11(3-4-12(8)13)19(16,17)14-7-10-6-9(2)15-18-10/h3-6,14H,7H2,1-2H3. The summed E-state index contributed by atoms with van der Waals surface area (Å²) in [5.74, 6) is 0.481. The minimum absolute atomic E-state index is 0.0816. The van der Waals surface area contributed by atoms with E-state index in [0.717, 1.165) is 10.0 Å². The summed E-state index contributed by atoms with van der Waals surface area (Å²) in [5, 5.41) is 3.70. The van der Waals surface area contributed by atoms with Crippen LogP contribution in [-0.4, -0.2) is 13.6 Å².